The number of aromatic nitrogens is 3. The summed E-state index contributed by atoms with van der Waals surface area (Å²) >= 11 is 4.43. The van der Waals surface area contributed by atoms with Crippen LogP contribution in [0.25, 0.3) is 21.0 Å². The van der Waals surface area contributed by atoms with Crippen molar-refractivity contribution in [2.75, 3.05) is 5.75 Å². The predicted octanol–water partition coefficient (Wildman–Crippen LogP) is 4.24. The molecule has 0 saturated heterocycles. The molecule has 4 rings (SSSR count). The topological polar surface area (TPSA) is 78.1 Å². The average Bonchev–Trinajstić information content (AvgIpc) is 3.38. The number of hydrogen-bond acceptors (Lipinski definition) is 9. The predicted molar refractivity (Wildman–Crippen MR) is 97.8 cm³/mol. The fourth-order valence-electron chi connectivity index (χ4n) is 2.09. The maximum atomic E-state index is 12.0. The highest BCUT2D eigenvalue weighted by Crippen LogP contribution is 2.28. The summed E-state index contributed by atoms with van der Waals surface area (Å²) in [6.07, 6.45) is 3.02. The van der Waals surface area contributed by atoms with Gasteiger partial charge < -0.3 is 9.15 Å². The highest BCUT2D eigenvalue weighted by Gasteiger charge is 2.12. The Bertz CT molecular complexity index is 994. The van der Waals surface area contributed by atoms with Crippen molar-refractivity contribution in [3.63, 3.8) is 0 Å². The molecule has 0 spiro atoms. The average molecular weight is 389 g/mol. The molecule has 4 heterocycles. The van der Waals surface area contributed by atoms with E-state index in [1.807, 2.05) is 29.0 Å². The van der Waals surface area contributed by atoms with Crippen molar-refractivity contribution in [3.8, 4) is 10.8 Å². The van der Waals surface area contributed by atoms with E-state index >= 15 is 0 Å². The summed E-state index contributed by atoms with van der Waals surface area (Å²) in [5.74, 6) is 0.390. The van der Waals surface area contributed by atoms with Gasteiger partial charge in [0.1, 0.15) is 34.7 Å². The van der Waals surface area contributed by atoms with Crippen LogP contribution in [0.4, 0.5) is 0 Å². The third-order valence-corrected chi connectivity index (χ3v) is 5.87. The summed E-state index contributed by atoms with van der Waals surface area (Å²) in [5, 5.41) is 5.65. The Balaban J connectivity index is 1.31. The highest BCUT2D eigenvalue weighted by atomic mass is 32.2. The normalized spacial score (nSPS) is 11.0. The number of carbonyl (C=O) groups excluding carboxylic acids is 1. The van der Waals surface area contributed by atoms with Crippen LogP contribution in [0.3, 0.4) is 0 Å². The fourth-order valence-corrected chi connectivity index (χ4v) is 4.32. The van der Waals surface area contributed by atoms with E-state index < -0.39 is 0 Å². The number of carbonyl (C=O) groups is 1. The number of thioether (sulfide) groups is 1. The molecule has 0 N–H and O–H groups in total. The second-order valence-corrected chi connectivity index (χ2v) is 7.70. The molecule has 0 bridgehead atoms. The summed E-state index contributed by atoms with van der Waals surface area (Å²) in [7, 11) is 0. The number of ether oxygens (including phenoxy) is 1. The van der Waals surface area contributed by atoms with Crippen molar-refractivity contribution in [2.24, 2.45) is 0 Å². The highest BCUT2D eigenvalue weighted by molar-refractivity contribution is 8.00. The van der Waals surface area contributed by atoms with Crippen LogP contribution in [0.2, 0.25) is 0 Å². The van der Waals surface area contributed by atoms with Crippen molar-refractivity contribution >= 4 is 50.6 Å². The monoisotopic (exact) mass is 389 g/mol. The zero-order valence-corrected chi connectivity index (χ0v) is 15.2. The summed E-state index contributed by atoms with van der Waals surface area (Å²) in [4.78, 5) is 26.5. The maximum absolute atomic E-state index is 12.0. The molecule has 0 saturated carbocycles. The van der Waals surface area contributed by atoms with Gasteiger partial charge in [-0.05, 0) is 22.9 Å². The molecule has 0 aliphatic heterocycles. The van der Waals surface area contributed by atoms with E-state index in [9.17, 15) is 4.79 Å². The molecule has 0 aliphatic carbocycles. The Labute approximate surface area is 154 Å². The van der Waals surface area contributed by atoms with Gasteiger partial charge in [-0.2, -0.15) is 0 Å². The Hall–Kier alpha value is -2.23. The first-order valence-electron chi connectivity index (χ1n) is 7.24. The lowest BCUT2D eigenvalue weighted by atomic mass is 10.4. The van der Waals surface area contributed by atoms with Crippen molar-refractivity contribution in [3.05, 3.63) is 47.2 Å². The minimum atomic E-state index is -0.326. The Morgan fingerprint density at radius 1 is 1.24 bits per heavy atom. The van der Waals surface area contributed by atoms with Gasteiger partial charge in [-0.3, -0.25) is 4.79 Å². The lowest BCUT2D eigenvalue weighted by molar-refractivity contribution is -0.141. The molecule has 0 fully saturated rings. The quantitative estimate of drug-likeness (QED) is 0.277. The third-order valence-electron chi connectivity index (χ3n) is 3.22. The number of oxazole rings is 1. The molecule has 4 aromatic heterocycles. The molecule has 9 heteroatoms. The second-order valence-electron chi connectivity index (χ2n) is 4.89. The van der Waals surface area contributed by atoms with E-state index in [1.165, 1.54) is 24.4 Å². The van der Waals surface area contributed by atoms with Crippen LogP contribution in [0.1, 0.15) is 5.69 Å². The molecule has 0 aromatic carbocycles. The Morgan fingerprint density at radius 2 is 2.20 bits per heavy atom. The number of esters is 1. The van der Waals surface area contributed by atoms with Crippen LogP contribution in [0, 0.1) is 0 Å². The van der Waals surface area contributed by atoms with E-state index in [4.69, 9.17) is 9.15 Å². The molecule has 0 aliphatic rings. The Kier molecular flexibility index (Phi) is 4.77. The first kappa shape index (κ1) is 16.2. The van der Waals surface area contributed by atoms with Gasteiger partial charge in [-0.1, -0.05) is 17.8 Å². The summed E-state index contributed by atoms with van der Waals surface area (Å²) in [6.45, 7) is 0.0892. The largest absolute Gasteiger partial charge is 0.458 e. The first-order chi connectivity index (χ1) is 12.3. The van der Waals surface area contributed by atoms with Gasteiger partial charge in [0, 0.05) is 5.39 Å². The van der Waals surface area contributed by atoms with Crippen molar-refractivity contribution in [2.45, 2.75) is 11.6 Å². The van der Waals surface area contributed by atoms with Crippen LogP contribution in [0.5, 0.6) is 0 Å². The SMILES string of the molecule is O=C(CSc1ncnc2sccc12)OCc1coc(-c2cccs2)n1. The molecule has 0 unspecified atom stereocenters. The molecule has 0 radical (unpaired) electrons. The molecule has 4 aromatic rings. The van der Waals surface area contributed by atoms with Crippen LogP contribution in [0.15, 0.2) is 51.0 Å². The van der Waals surface area contributed by atoms with E-state index in [-0.39, 0.29) is 18.3 Å². The zero-order chi connectivity index (χ0) is 17.1. The minimum Gasteiger partial charge on any atom is -0.458 e. The zero-order valence-electron chi connectivity index (χ0n) is 12.7. The first-order valence-corrected chi connectivity index (χ1v) is 9.99. The van der Waals surface area contributed by atoms with E-state index in [2.05, 4.69) is 15.0 Å². The summed E-state index contributed by atoms with van der Waals surface area (Å²) in [6, 6.07) is 5.81. The number of rotatable bonds is 6. The van der Waals surface area contributed by atoms with Gasteiger partial charge in [0.25, 0.3) is 0 Å². The van der Waals surface area contributed by atoms with Gasteiger partial charge in [-0.25, -0.2) is 15.0 Å². The van der Waals surface area contributed by atoms with Gasteiger partial charge in [0.05, 0.1) is 10.6 Å². The smallest absolute Gasteiger partial charge is 0.316 e. The number of fused-ring (bicyclic) bond motifs is 1. The summed E-state index contributed by atoms with van der Waals surface area (Å²) < 4.78 is 10.7. The van der Waals surface area contributed by atoms with Crippen LogP contribution in [-0.2, 0) is 16.1 Å². The number of thiophene rings is 2. The lowest BCUT2D eigenvalue weighted by Crippen LogP contribution is -2.07. The molecular formula is C16H11N3O3S3. The number of nitrogens with zero attached hydrogens (tertiary/aromatic N) is 3. The van der Waals surface area contributed by atoms with E-state index in [0.717, 1.165) is 20.1 Å². The van der Waals surface area contributed by atoms with E-state index in [1.54, 1.807) is 22.7 Å². The van der Waals surface area contributed by atoms with Gasteiger partial charge in [0.2, 0.25) is 5.89 Å². The minimum absolute atomic E-state index is 0.0892. The molecular weight excluding hydrogens is 378 g/mol. The molecule has 126 valence electrons. The van der Waals surface area contributed by atoms with Crippen LogP contribution < -0.4 is 0 Å². The van der Waals surface area contributed by atoms with Crippen molar-refractivity contribution < 1.29 is 13.9 Å². The van der Waals surface area contributed by atoms with Crippen molar-refractivity contribution in [1.82, 2.24) is 15.0 Å². The van der Waals surface area contributed by atoms with Gasteiger partial charge in [0.15, 0.2) is 0 Å². The van der Waals surface area contributed by atoms with Gasteiger partial charge in [-0.15, -0.1) is 22.7 Å². The third kappa shape index (κ3) is 3.73. The molecule has 6 nitrogen and oxygen atoms in total. The van der Waals surface area contributed by atoms with E-state index in [0.29, 0.717) is 11.6 Å². The number of hydrogen-bond donors (Lipinski definition) is 0. The van der Waals surface area contributed by atoms with Crippen LogP contribution in [-0.4, -0.2) is 26.7 Å². The van der Waals surface area contributed by atoms with Crippen LogP contribution >= 0.6 is 34.4 Å². The van der Waals surface area contributed by atoms with Gasteiger partial charge >= 0.3 is 5.97 Å². The lowest BCUT2D eigenvalue weighted by Gasteiger charge is -2.03. The summed E-state index contributed by atoms with van der Waals surface area (Å²) in [5.41, 5.74) is 0.587. The molecule has 0 amide bonds. The maximum Gasteiger partial charge on any atom is 0.316 e. The fraction of sp³-hybridized carbons (Fsp3) is 0.125. The standard InChI is InChI=1S/C16H11N3O3S3/c20-13(8-25-16-11-3-5-24-15(11)17-9-18-16)21-6-10-7-22-14(19-10)12-2-1-4-23-12/h1-5,7,9H,6,8H2. The Morgan fingerprint density at radius 3 is 3.08 bits per heavy atom. The molecule has 0 atom stereocenters. The second kappa shape index (κ2) is 7.34. The molecule has 25 heavy (non-hydrogen) atoms. The van der Waals surface area contributed by atoms with Crippen molar-refractivity contribution in [1.29, 1.82) is 0 Å².